The lowest BCUT2D eigenvalue weighted by molar-refractivity contribution is 1.46. The van der Waals surface area contributed by atoms with Crippen LogP contribution in [0.4, 0.5) is 0 Å². The Hall–Kier alpha value is 0.0469. The highest BCUT2D eigenvalue weighted by atomic mass is 35.8. The van der Waals surface area contributed by atoms with Crippen LogP contribution in [0.15, 0.2) is 30.0 Å². The van der Waals surface area contributed by atoms with Crippen LogP contribution in [0.5, 0.6) is 0 Å². The molecule has 0 radical (unpaired) electrons. The number of aryl methyl sites for hydroxylation is 1. The fraction of sp³-hybridized carbons (Fsp3) is 0.111. The van der Waals surface area contributed by atoms with Gasteiger partial charge in [-0.25, -0.2) is 0 Å². The molecular formula is C9H9Cl3Si. The molecule has 70 valence electrons. The second-order valence-corrected chi connectivity index (χ2v) is 11.3. The van der Waals surface area contributed by atoms with Gasteiger partial charge in [0.2, 0.25) is 0 Å². The Morgan fingerprint density at radius 2 is 1.62 bits per heavy atom. The molecule has 0 amide bonds. The molecule has 1 aromatic carbocycles. The third-order valence-corrected chi connectivity index (χ3v) is 3.22. The van der Waals surface area contributed by atoms with E-state index < -0.39 is 6.00 Å². The molecule has 0 unspecified atom stereocenters. The molecule has 4 heteroatoms. The van der Waals surface area contributed by atoms with Crippen LogP contribution in [-0.2, 0) is 0 Å². The van der Waals surface area contributed by atoms with Gasteiger partial charge >= 0.3 is 6.00 Å². The molecule has 0 bridgehead atoms. The maximum atomic E-state index is 5.70. The minimum Gasteiger partial charge on any atom is -0.121 e. The van der Waals surface area contributed by atoms with Crippen molar-refractivity contribution in [2.45, 2.75) is 6.92 Å². The van der Waals surface area contributed by atoms with Gasteiger partial charge < -0.3 is 0 Å². The molecular weight excluding hydrogens is 243 g/mol. The van der Waals surface area contributed by atoms with Crippen molar-refractivity contribution in [2.24, 2.45) is 0 Å². The van der Waals surface area contributed by atoms with E-state index >= 15 is 0 Å². The molecule has 0 N–H and O–H groups in total. The van der Waals surface area contributed by atoms with Crippen LogP contribution in [0.25, 0.3) is 6.08 Å². The van der Waals surface area contributed by atoms with Gasteiger partial charge in [0.25, 0.3) is 0 Å². The van der Waals surface area contributed by atoms with Crippen LogP contribution >= 0.6 is 33.2 Å². The van der Waals surface area contributed by atoms with Crippen LogP contribution in [0.3, 0.4) is 0 Å². The summed E-state index contributed by atoms with van der Waals surface area (Å²) in [7, 11) is 0. The Balaban J connectivity index is 2.75. The van der Waals surface area contributed by atoms with Crippen molar-refractivity contribution in [3.05, 3.63) is 41.1 Å². The van der Waals surface area contributed by atoms with Gasteiger partial charge in [-0.1, -0.05) is 41.6 Å². The maximum absolute atomic E-state index is 5.70. The standard InChI is InChI=1S/C9H9Cl3Si/c1-8-2-4-9(5-3-8)6-7-13(10,11)12/h2-7H,1H3/b7-6+. The smallest absolute Gasteiger partial charge is 0.121 e. The largest absolute Gasteiger partial charge is 0.365 e. The summed E-state index contributed by atoms with van der Waals surface area (Å²) in [5, 5.41) is 0. The number of hydrogen-bond donors (Lipinski definition) is 0. The maximum Gasteiger partial charge on any atom is 0.365 e. The molecule has 0 saturated heterocycles. The van der Waals surface area contributed by atoms with E-state index in [9.17, 15) is 0 Å². The average molecular weight is 252 g/mol. The van der Waals surface area contributed by atoms with Crippen molar-refractivity contribution in [3.63, 3.8) is 0 Å². The number of halogens is 3. The third kappa shape index (κ3) is 4.72. The Morgan fingerprint density at radius 1 is 1.08 bits per heavy atom. The highest BCUT2D eigenvalue weighted by molar-refractivity contribution is 7.66. The van der Waals surface area contributed by atoms with Crippen LogP contribution in [0.1, 0.15) is 11.1 Å². The summed E-state index contributed by atoms with van der Waals surface area (Å²) in [6.07, 6.45) is 1.85. The summed E-state index contributed by atoms with van der Waals surface area (Å²) in [5.41, 5.74) is 3.95. The summed E-state index contributed by atoms with van der Waals surface area (Å²) in [6, 6.07) is 5.43. The van der Waals surface area contributed by atoms with E-state index in [0.29, 0.717) is 0 Å². The van der Waals surface area contributed by atoms with E-state index in [2.05, 4.69) is 0 Å². The zero-order valence-corrected chi connectivity index (χ0v) is 10.4. The van der Waals surface area contributed by atoms with Gasteiger partial charge in [-0.3, -0.25) is 0 Å². The van der Waals surface area contributed by atoms with E-state index in [0.717, 1.165) is 5.56 Å². The molecule has 0 aliphatic rings. The third-order valence-electron chi connectivity index (χ3n) is 1.54. The van der Waals surface area contributed by atoms with Gasteiger partial charge in [0, 0.05) is 0 Å². The summed E-state index contributed by atoms with van der Waals surface area (Å²) in [6.45, 7) is 2.04. The first-order chi connectivity index (χ1) is 5.97. The van der Waals surface area contributed by atoms with Gasteiger partial charge in [0.1, 0.15) is 0 Å². The lowest BCUT2D eigenvalue weighted by Crippen LogP contribution is -2.02. The van der Waals surface area contributed by atoms with E-state index in [1.165, 1.54) is 5.56 Å². The molecule has 0 fully saturated rings. The van der Waals surface area contributed by atoms with E-state index in [4.69, 9.17) is 33.2 Å². The van der Waals surface area contributed by atoms with Gasteiger partial charge in [-0.05, 0) is 12.5 Å². The first-order valence-electron chi connectivity index (χ1n) is 3.80. The molecule has 0 nitrogen and oxygen atoms in total. The predicted octanol–water partition coefficient (Wildman–Crippen LogP) is 4.20. The normalized spacial score (nSPS) is 12.3. The Labute approximate surface area is 93.2 Å². The van der Waals surface area contributed by atoms with Crippen molar-refractivity contribution in [2.75, 3.05) is 0 Å². The molecule has 1 rings (SSSR count). The zero-order chi connectivity index (χ0) is 9.90. The molecule has 0 spiro atoms. The Morgan fingerprint density at radius 3 is 2.08 bits per heavy atom. The quantitative estimate of drug-likeness (QED) is 0.546. The zero-order valence-electron chi connectivity index (χ0n) is 7.10. The Kier molecular flexibility index (Phi) is 3.86. The topological polar surface area (TPSA) is 0 Å². The van der Waals surface area contributed by atoms with Crippen molar-refractivity contribution in [1.82, 2.24) is 0 Å². The van der Waals surface area contributed by atoms with Crippen molar-refractivity contribution in [1.29, 1.82) is 0 Å². The number of benzene rings is 1. The van der Waals surface area contributed by atoms with Crippen LogP contribution in [-0.4, -0.2) is 6.00 Å². The molecule has 13 heavy (non-hydrogen) atoms. The summed E-state index contributed by atoms with van der Waals surface area (Å²) in [4.78, 5) is 0. The SMILES string of the molecule is Cc1ccc(/C=C/[Si](Cl)(Cl)Cl)cc1. The predicted molar refractivity (Wildman–Crippen MR) is 63.5 cm³/mol. The van der Waals surface area contributed by atoms with Crippen LogP contribution in [0, 0.1) is 6.92 Å². The molecule has 1 aromatic rings. The molecule has 0 aliphatic carbocycles. The van der Waals surface area contributed by atoms with Crippen molar-refractivity contribution >= 4 is 45.3 Å². The monoisotopic (exact) mass is 250 g/mol. The van der Waals surface area contributed by atoms with Gasteiger partial charge in [-0.2, -0.15) is 0 Å². The van der Waals surface area contributed by atoms with E-state index in [-0.39, 0.29) is 0 Å². The first kappa shape index (κ1) is 11.1. The minimum atomic E-state index is -2.62. The molecule has 0 aromatic heterocycles. The summed E-state index contributed by atoms with van der Waals surface area (Å²) >= 11 is 17.1. The van der Waals surface area contributed by atoms with E-state index in [1.54, 1.807) is 5.70 Å². The fourth-order valence-electron chi connectivity index (χ4n) is 0.868. The highest BCUT2D eigenvalue weighted by Crippen LogP contribution is 2.22. The summed E-state index contributed by atoms with van der Waals surface area (Å²) in [5.74, 6) is 0. The molecule has 0 heterocycles. The molecule has 0 atom stereocenters. The Bertz CT molecular complexity index is 298. The van der Waals surface area contributed by atoms with Gasteiger partial charge in [0.05, 0.1) is 0 Å². The average Bonchev–Trinajstić information content (AvgIpc) is 2.02. The lowest BCUT2D eigenvalue weighted by Gasteiger charge is -1.99. The minimum absolute atomic E-state index is 1.06. The van der Waals surface area contributed by atoms with Crippen molar-refractivity contribution in [3.8, 4) is 0 Å². The van der Waals surface area contributed by atoms with Gasteiger partial charge in [0.15, 0.2) is 0 Å². The van der Waals surface area contributed by atoms with Crippen molar-refractivity contribution < 1.29 is 0 Å². The highest BCUT2D eigenvalue weighted by Gasteiger charge is 2.19. The van der Waals surface area contributed by atoms with E-state index in [1.807, 2.05) is 37.3 Å². The number of hydrogen-bond acceptors (Lipinski definition) is 0. The lowest BCUT2D eigenvalue weighted by atomic mass is 10.2. The molecule has 0 saturated carbocycles. The molecule has 0 aliphatic heterocycles. The number of rotatable bonds is 2. The van der Waals surface area contributed by atoms with Gasteiger partial charge in [-0.15, -0.1) is 33.2 Å². The second kappa shape index (κ2) is 4.51. The van der Waals surface area contributed by atoms with Crippen LogP contribution in [0.2, 0.25) is 0 Å². The fourth-order valence-corrected chi connectivity index (χ4v) is 1.82. The summed E-state index contributed by atoms with van der Waals surface area (Å²) < 4.78 is 0. The first-order valence-corrected chi connectivity index (χ1v) is 8.91. The second-order valence-electron chi connectivity index (χ2n) is 2.79. The van der Waals surface area contributed by atoms with Crippen LogP contribution < -0.4 is 0 Å².